The molecule has 2 fully saturated rings. The summed E-state index contributed by atoms with van der Waals surface area (Å²) in [6, 6.07) is 34.1. The second-order valence-electron chi connectivity index (χ2n) is 19.7. The third-order valence-corrected chi connectivity index (χ3v) is 18.0. The van der Waals surface area contributed by atoms with Crippen LogP contribution in [0.25, 0.3) is 6.08 Å². The van der Waals surface area contributed by atoms with Crippen molar-refractivity contribution in [2.24, 2.45) is 0 Å². The Kier molecular flexibility index (Phi) is 17.3. The Morgan fingerprint density at radius 2 is 1.35 bits per heavy atom. The van der Waals surface area contributed by atoms with Gasteiger partial charge in [0.2, 0.25) is 17.7 Å². The standard InChI is InChI=1S/C54H74N6O5Si/c1-42(2)65-50-26-19-44(20-27-50)21-28-52(62)60(41-47-17-24-49(25-18-47)58-35-33-57(34-36-58)43(3)61)51(39-45-13-11-10-12-14-45)53(63)59-31-29-56(30-32-59)40-46-15-22-48(23-16-46)55(7)37-38-64-66(8,9)54(4,5)6/h10-28,42,51H,29-41H2,1-9H3. The average molecular weight is 915 g/mol. The molecule has 2 aliphatic heterocycles. The van der Waals surface area contributed by atoms with Crippen molar-refractivity contribution in [2.45, 2.75) is 91.3 Å². The first kappa shape index (κ1) is 50.0. The Labute approximate surface area is 396 Å². The van der Waals surface area contributed by atoms with E-state index in [0.717, 1.165) is 67.4 Å². The molecule has 4 aromatic rings. The second-order valence-corrected chi connectivity index (χ2v) is 24.5. The minimum Gasteiger partial charge on any atom is -0.491 e. The summed E-state index contributed by atoms with van der Waals surface area (Å²) in [4.78, 5) is 54.0. The van der Waals surface area contributed by atoms with Gasteiger partial charge in [0.15, 0.2) is 8.32 Å². The van der Waals surface area contributed by atoms with E-state index in [0.29, 0.717) is 39.2 Å². The highest BCUT2D eigenvalue weighted by atomic mass is 28.4. The van der Waals surface area contributed by atoms with Gasteiger partial charge >= 0.3 is 0 Å². The molecule has 1 unspecified atom stereocenters. The number of anilines is 2. The van der Waals surface area contributed by atoms with Crippen LogP contribution < -0.4 is 14.5 Å². The molecule has 2 heterocycles. The Morgan fingerprint density at radius 3 is 1.94 bits per heavy atom. The molecule has 354 valence electrons. The molecular weight excluding hydrogens is 841 g/mol. The van der Waals surface area contributed by atoms with Gasteiger partial charge in [-0.3, -0.25) is 19.3 Å². The van der Waals surface area contributed by atoms with Crippen LogP contribution in [0.1, 0.15) is 63.8 Å². The van der Waals surface area contributed by atoms with Crippen molar-refractivity contribution in [1.82, 2.24) is 19.6 Å². The summed E-state index contributed by atoms with van der Waals surface area (Å²) in [6.07, 6.45) is 3.86. The highest BCUT2D eigenvalue weighted by Crippen LogP contribution is 2.36. The summed E-state index contributed by atoms with van der Waals surface area (Å²) in [5, 5.41) is 0.190. The molecule has 12 heteroatoms. The van der Waals surface area contributed by atoms with Gasteiger partial charge in [0.05, 0.1) is 12.7 Å². The van der Waals surface area contributed by atoms with Crippen LogP contribution in [0, 0.1) is 0 Å². The lowest BCUT2D eigenvalue weighted by Crippen LogP contribution is -2.56. The molecule has 0 bridgehead atoms. The van der Waals surface area contributed by atoms with Crippen LogP contribution in [-0.2, 0) is 38.3 Å². The topological polar surface area (TPSA) is 89.1 Å². The SMILES string of the molecule is CC(=O)N1CCN(c2ccc(CN(C(=O)C=Cc3ccc(OC(C)C)cc3)C(Cc3ccccc3)C(=O)N3CCN(Cc4ccc(N(C)CCO[Si](C)(C)C(C)(C)C)cc4)CC3)cc2)CC1. The van der Waals surface area contributed by atoms with Crippen LogP contribution >= 0.6 is 0 Å². The van der Waals surface area contributed by atoms with E-state index in [4.69, 9.17) is 9.16 Å². The van der Waals surface area contributed by atoms with E-state index in [-0.39, 0.29) is 35.4 Å². The molecule has 66 heavy (non-hydrogen) atoms. The number of hydrogen-bond acceptors (Lipinski definition) is 8. The zero-order valence-electron chi connectivity index (χ0n) is 41.0. The predicted molar refractivity (Wildman–Crippen MR) is 271 cm³/mol. The fraction of sp³-hybridized carbons (Fsp3) is 0.463. The maximum atomic E-state index is 14.9. The van der Waals surface area contributed by atoms with E-state index < -0.39 is 14.4 Å². The molecule has 2 saturated heterocycles. The third kappa shape index (κ3) is 14.0. The molecule has 0 saturated carbocycles. The maximum Gasteiger partial charge on any atom is 0.247 e. The molecular formula is C54H74N6O5Si. The highest BCUT2D eigenvalue weighted by Gasteiger charge is 2.37. The van der Waals surface area contributed by atoms with Crippen molar-refractivity contribution in [3.05, 3.63) is 131 Å². The first-order valence-electron chi connectivity index (χ1n) is 23.8. The summed E-state index contributed by atoms with van der Waals surface area (Å²) < 4.78 is 12.3. The zero-order valence-corrected chi connectivity index (χ0v) is 42.0. The summed E-state index contributed by atoms with van der Waals surface area (Å²) >= 11 is 0. The van der Waals surface area contributed by atoms with E-state index in [1.54, 1.807) is 17.9 Å². The quantitative estimate of drug-likeness (QED) is 0.0725. The number of piperazine rings is 2. The van der Waals surface area contributed by atoms with Gasteiger partial charge in [0.25, 0.3) is 0 Å². The predicted octanol–water partition coefficient (Wildman–Crippen LogP) is 8.60. The maximum absolute atomic E-state index is 14.9. The van der Waals surface area contributed by atoms with Crippen molar-refractivity contribution >= 4 is 43.5 Å². The lowest BCUT2D eigenvalue weighted by atomic mass is 10.0. The number of ether oxygens (including phenoxy) is 1. The normalized spacial score (nSPS) is 15.6. The second kappa shape index (κ2) is 22.8. The Bertz CT molecular complexity index is 2190. The minimum atomic E-state index is -1.79. The molecule has 4 aromatic carbocycles. The van der Waals surface area contributed by atoms with Crippen LogP contribution in [0.5, 0.6) is 5.75 Å². The lowest BCUT2D eigenvalue weighted by molar-refractivity contribution is -0.145. The molecule has 0 radical (unpaired) electrons. The van der Waals surface area contributed by atoms with Crippen molar-refractivity contribution in [2.75, 3.05) is 82.4 Å². The van der Waals surface area contributed by atoms with E-state index in [1.807, 2.05) is 84.3 Å². The van der Waals surface area contributed by atoms with E-state index in [2.05, 4.69) is 104 Å². The largest absolute Gasteiger partial charge is 0.491 e. The van der Waals surface area contributed by atoms with Gasteiger partial charge in [-0.1, -0.05) is 87.5 Å². The zero-order chi connectivity index (χ0) is 47.4. The van der Waals surface area contributed by atoms with Gasteiger partial charge in [0.1, 0.15) is 11.8 Å². The number of nitrogens with zero attached hydrogens (tertiary/aromatic N) is 6. The van der Waals surface area contributed by atoms with Crippen LogP contribution in [0.15, 0.2) is 109 Å². The summed E-state index contributed by atoms with van der Waals surface area (Å²) in [7, 11) is 0.330. The van der Waals surface area contributed by atoms with Crippen LogP contribution in [0.2, 0.25) is 18.1 Å². The van der Waals surface area contributed by atoms with Gasteiger partial charge in [-0.05, 0) is 96.7 Å². The molecule has 0 aromatic heterocycles. The van der Waals surface area contributed by atoms with Crippen LogP contribution in [0.3, 0.4) is 0 Å². The van der Waals surface area contributed by atoms with Crippen molar-refractivity contribution < 1.29 is 23.5 Å². The average Bonchev–Trinajstić information content (AvgIpc) is 3.30. The first-order valence-corrected chi connectivity index (χ1v) is 26.7. The number of amides is 3. The summed E-state index contributed by atoms with van der Waals surface area (Å²) in [5.74, 6) is 0.603. The summed E-state index contributed by atoms with van der Waals surface area (Å²) in [5.41, 5.74) is 6.27. The number of carbonyl (C=O) groups excluding carboxylic acids is 3. The monoisotopic (exact) mass is 915 g/mol. The molecule has 1 atom stereocenters. The number of benzene rings is 4. The lowest BCUT2D eigenvalue weighted by Gasteiger charge is -2.39. The third-order valence-electron chi connectivity index (χ3n) is 13.4. The molecule has 0 N–H and O–H groups in total. The molecule has 0 aliphatic carbocycles. The Hall–Kier alpha value is -5.43. The van der Waals surface area contributed by atoms with E-state index >= 15 is 0 Å². The molecule has 11 nitrogen and oxygen atoms in total. The smallest absolute Gasteiger partial charge is 0.247 e. The number of rotatable bonds is 18. The fourth-order valence-electron chi connectivity index (χ4n) is 8.23. The fourth-order valence-corrected chi connectivity index (χ4v) is 9.26. The molecule has 0 spiro atoms. The number of likely N-dealkylation sites (N-methyl/N-ethyl adjacent to an activating group) is 1. The van der Waals surface area contributed by atoms with Crippen LogP contribution in [0.4, 0.5) is 11.4 Å². The van der Waals surface area contributed by atoms with Crippen molar-refractivity contribution in [3.8, 4) is 5.75 Å². The van der Waals surface area contributed by atoms with E-state index in [1.165, 1.54) is 11.3 Å². The van der Waals surface area contributed by atoms with Gasteiger partial charge in [0, 0.05) is 110 Å². The van der Waals surface area contributed by atoms with Crippen LogP contribution in [-0.4, -0.2) is 130 Å². The van der Waals surface area contributed by atoms with Gasteiger partial charge < -0.3 is 33.7 Å². The Morgan fingerprint density at radius 1 is 0.742 bits per heavy atom. The van der Waals surface area contributed by atoms with Gasteiger partial charge in [-0.15, -0.1) is 0 Å². The molecule has 6 rings (SSSR count). The van der Waals surface area contributed by atoms with Gasteiger partial charge in [-0.2, -0.15) is 0 Å². The Balaban J connectivity index is 1.16. The van der Waals surface area contributed by atoms with Crippen molar-refractivity contribution in [1.29, 1.82) is 0 Å². The first-order chi connectivity index (χ1) is 31.5. The van der Waals surface area contributed by atoms with E-state index in [9.17, 15) is 14.4 Å². The highest BCUT2D eigenvalue weighted by molar-refractivity contribution is 6.74. The van der Waals surface area contributed by atoms with Gasteiger partial charge in [-0.25, -0.2) is 0 Å². The van der Waals surface area contributed by atoms with Crippen molar-refractivity contribution in [3.63, 3.8) is 0 Å². The molecule has 3 amide bonds. The summed E-state index contributed by atoms with van der Waals surface area (Å²) in [6.45, 7) is 25.2. The number of carbonyl (C=O) groups is 3. The molecule has 2 aliphatic rings. The minimum absolute atomic E-state index is 0.0414. The number of hydrogen-bond donors (Lipinski definition) is 0.